The summed E-state index contributed by atoms with van der Waals surface area (Å²) < 4.78 is 1.94. The van der Waals surface area contributed by atoms with Crippen molar-refractivity contribution in [3.05, 3.63) is 60.3 Å². The van der Waals surface area contributed by atoms with Crippen molar-refractivity contribution < 1.29 is 4.79 Å². The van der Waals surface area contributed by atoms with E-state index >= 15 is 0 Å². The van der Waals surface area contributed by atoms with Crippen molar-refractivity contribution in [1.29, 1.82) is 0 Å². The van der Waals surface area contributed by atoms with Crippen LogP contribution in [0.4, 0.5) is 5.82 Å². The van der Waals surface area contributed by atoms with Crippen molar-refractivity contribution in [1.82, 2.24) is 14.9 Å². The van der Waals surface area contributed by atoms with Crippen molar-refractivity contribution in [2.24, 2.45) is 0 Å². The van der Waals surface area contributed by atoms with Gasteiger partial charge >= 0.3 is 0 Å². The summed E-state index contributed by atoms with van der Waals surface area (Å²) >= 11 is 0. The highest BCUT2D eigenvalue weighted by molar-refractivity contribution is 5.82. The molecule has 0 atom stereocenters. The molecule has 4 rings (SSSR count). The number of pyridine rings is 1. The first-order valence-corrected chi connectivity index (χ1v) is 9.81. The largest absolute Gasteiger partial charge is 0.357 e. The highest BCUT2D eigenvalue weighted by atomic mass is 16.1. The van der Waals surface area contributed by atoms with E-state index in [4.69, 9.17) is 4.98 Å². The van der Waals surface area contributed by atoms with E-state index in [1.54, 1.807) is 0 Å². The first-order valence-electron chi connectivity index (χ1n) is 9.81. The maximum absolute atomic E-state index is 12.4. The van der Waals surface area contributed by atoms with Gasteiger partial charge in [-0.2, -0.15) is 0 Å². The van der Waals surface area contributed by atoms with Gasteiger partial charge in [-0.3, -0.25) is 4.79 Å². The van der Waals surface area contributed by atoms with E-state index in [0.717, 1.165) is 35.5 Å². The highest BCUT2D eigenvalue weighted by Crippen LogP contribution is 2.22. The van der Waals surface area contributed by atoms with E-state index in [1.807, 2.05) is 47.2 Å². The average molecular weight is 362 g/mol. The molecule has 1 fully saturated rings. The summed E-state index contributed by atoms with van der Waals surface area (Å²) in [6.45, 7) is 2.96. The Bertz CT molecular complexity index is 895. The summed E-state index contributed by atoms with van der Waals surface area (Å²) in [5.74, 6) is 1.02. The summed E-state index contributed by atoms with van der Waals surface area (Å²) in [5.41, 5.74) is 1.98. The van der Waals surface area contributed by atoms with Crippen LogP contribution in [-0.2, 0) is 17.9 Å². The number of anilines is 1. The maximum atomic E-state index is 12.4. The van der Waals surface area contributed by atoms with Gasteiger partial charge in [0.25, 0.3) is 0 Å². The standard InChI is InChI=1S/C22H26N4O/c27-21(23-16-18-8-4-3-5-9-18)17-26-15-12-19-10-11-20(24-22(19)26)25-13-6-1-2-7-14-25/h3-5,8-12,15H,1-2,6-7,13-14,16-17H2,(H,23,27). The molecule has 1 aliphatic rings. The lowest BCUT2D eigenvalue weighted by Crippen LogP contribution is -2.27. The summed E-state index contributed by atoms with van der Waals surface area (Å²) in [4.78, 5) is 19.6. The number of benzene rings is 1. The van der Waals surface area contributed by atoms with Crippen LogP contribution in [0.5, 0.6) is 0 Å². The predicted molar refractivity (Wildman–Crippen MR) is 109 cm³/mol. The van der Waals surface area contributed by atoms with E-state index in [-0.39, 0.29) is 12.5 Å². The number of rotatable bonds is 5. The fraction of sp³-hybridized carbons (Fsp3) is 0.364. The highest BCUT2D eigenvalue weighted by Gasteiger charge is 2.13. The van der Waals surface area contributed by atoms with Crippen LogP contribution < -0.4 is 10.2 Å². The second-order valence-electron chi connectivity index (χ2n) is 7.19. The number of fused-ring (bicyclic) bond motifs is 1. The molecule has 3 aromatic rings. The Labute approximate surface area is 160 Å². The summed E-state index contributed by atoms with van der Waals surface area (Å²) in [7, 11) is 0. The van der Waals surface area contributed by atoms with Gasteiger partial charge < -0.3 is 14.8 Å². The molecule has 1 aliphatic heterocycles. The molecule has 0 bridgehead atoms. The third-order valence-corrected chi connectivity index (χ3v) is 5.17. The third-order valence-electron chi connectivity index (χ3n) is 5.17. The Morgan fingerprint density at radius 2 is 1.74 bits per heavy atom. The van der Waals surface area contributed by atoms with E-state index in [1.165, 1.54) is 25.7 Å². The molecule has 1 aromatic carbocycles. The Morgan fingerprint density at radius 3 is 2.52 bits per heavy atom. The monoisotopic (exact) mass is 362 g/mol. The normalized spacial score (nSPS) is 14.9. The van der Waals surface area contributed by atoms with Crippen LogP contribution >= 0.6 is 0 Å². The summed E-state index contributed by atoms with van der Waals surface area (Å²) in [6, 6.07) is 16.2. The van der Waals surface area contributed by atoms with Crippen molar-refractivity contribution in [3.63, 3.8) is 0 Å². The molecule has 27 heavy (non-hydrogen) atoms. The Balaban J connectivity index is 1.46. The quantitative estimate of drug-likeness (QED) is 0.752. The number of carbonyl (C=O) groups is 1. The van der Waals surface area contributed by atoms with Gasteiger partial charge in [0.2, 0.25) is 5.91 Å². The topological polar surface area (TPSA) is 50.2 Å². The zero-order valence-electron chi connectivity index (χ0n) is 15.6. The average Bonchev–Trinajstić information content (AvgIpc) is 2.92. The van der Waals surface area contributed by atoms with E-state index in [2.05, 4.69) is 22.3 Å². The SMILES string of the molecule is O=C(Cn1ccc2ccc(N3CCCCCC3)nc21)NCc1ccccc1. The molecule has 0 unspecified atom stereocenters. The molecular weight excluding hydrogens is 336 g/mol. The van der Waals surface area contributed by atoms with E-state index < -0.39 is 0 Å². The van der Waals surface area contributed by atoms with Crippen LogP contribution in [0.25, 0.3) is 11.0 Å². The van der Waals surface area contributed by atoms with Crippen LogP contribution in [0, 0.1) is 0 Å². The lowest BCUT2D eigenvalue weighted by molar-refractivity contribution is -0.121. The second-order valence-corrected chi connectivity index (χ2v) is 7.19. The molecule has 0 saturated carbocycles. The van der Waals surface area contributed by atoms with Gasteiger partial charge in [0.1, 0.15) is 18.0 Å². The molecule has 3 heterocycles. The molecule has 5 heteroatoms. The molecule has 1 saturated heterocycles. The lowest BCUT2D eigenvalue weighted by Gasteiger charge is -2.21. The minimum absolute atomic E-state index is 0.00155. The molecule has 0 aliphatic carbocycles. The lowest BCUT2D eigenvalue weighted by atomic mass is 10.2. The van der Waals surface area contributed by atoms with Gasteiger partial charge in [0.15, 0.2) is 0 Å². The number of nitrogens with one attached hydrogen (secondary N) is 1. The van der Waals surface area contributed by atoms with Crippen molar-refractivity contribution in [3.8, 4) is 0 Å². The van der Waals surface area contributed by atoms with Crippen LogP contribution in [-0.4, -0.2) is 28.5 Å². The van der Waals surface area contributed by atoms with Crippen LogP contribution in [0.1, 0.15) is 31.2 Å². The molecular formula is C22H26N4O. The molecule has 0 spiro atoms. The Hall–Kier alpha value is -2.82. The third kappa shape index (κ3) is 4.30. The maximum Gasteiger partial charge on any atom is 0.240 e. The minimum atomic E-state index is -0.00155. The predicted octanol–water partition coefficient (Wildman–Crippen LogP) is 3.73. The first kappa shape index (κ1) is 17.6. The molecule has 1 amide bonds. The van der Waals surface area contributed by atoms with E-state index in [0.29, 0.717) is 6.54 Å². The molecule has 0 radical (unpaired) electrons. The summed E-state index contributed by atoms with van der Waals surface area (Å²) in [5, 5.41) is 4.06. The molecule has 140 valence electrons. The number of hydrogen-bond donors (Lipinski definition) is 1. The first-order chi connectivity index (χ1) is 13.3. The fourth-order valence-corrected chi connectivity index (χ4v) is 3.66. The fourth-order valence-electron chi connectivity index (χ4n) is 3.66. The van der Waals surface area contributed by atoms with Crippen LogP contribution in [0.15, 0.2) is 54.7 Å². The van der Waals surface area contributed by atoms with Gasteiger partial charge in [0.05, 0.1) is 0 Å². The van der Waals surface area contributed by atoms with Crippen molar-refractivity contribution in [2.75, 3.05) is 18.0 Å². The zero-order chi connectivity index (χ0) is 18.5. The van der Waals surface area contributed by atoms with Crippen molar-refractivity contribution in [2.45, 2.75) is 38.8 Å². The van der Waals surface area contributed by atoms with Gasteiger partial charge in [0, 0.05) is 31.2 Å². The van der Waals surface area contributed by atoms with Crippen LogP contribution in [0.3, 0.4) is 0 Å². The van der Waals surface area contributed by atoms with Gasteiger partial charge in [-0.25, -0.2) is 4.98 Å². The van der Waals surface area contributed by atoms with Crippen molar-refractivity contribution >= 4 is 22.8 Å². The Kier molecular flexibility index (Phi) is 5.37. The number of carbonyl (C=O) groups excluding carboxylic acids is 1. The van der Waals surface area contributed by atoms with E-state index in [9.17, 15) is 4.79 Å². The van der Waals surface area contributed by atoms with Crippen LogP contribution in [0.2, 0.25) is 0 Å². The zero-order valence-corrected chi connectivity index (χ0v) is 15.6. The molecule has 5 nitrogen and oxygen atoms in total. The van der Waals surface area contributed by atoms with Gasteiger partial charge in [-0.1, -0.05) is 43.2 Å². The second kappa shape index (κ2) is 8.25. The van der Waals surface area contributed by atoms with Gasteiger partial charge in [-0.05, 0) is 36.6 Å². The van der Waals surface area contributed by atoms with Gasteiger partial charge in [-0.15, -0.1) is 0 Å². The number of amides is 1. The number of nitrogens with zero attached hydrogens (tertiary/aromatic N) is 3. The summed E-state index contributed by atoms with van der Waals surface area (Å²) in [6.07, 6.45) is 7.00. The number of hydrogen-bond acceptors (Lipinski definition) is 3. The number of aromatic nitrogens is 2. The smallest absolute Gasteiger partial charge is 0.240 e. The molecule has 1 N–H and O–H groups in total. The molecule has 2 aromatic heterocycles. The Morgan fingerprint density at radius 1 is 0.963 bits per heavy atom. The minimum Gasteiger partial charge on any atom is -0.357 e.